The number of aliphatic hydroxyl groups is 1. The molecule has 2 unspecified atom stereocenters. The smallest absolute Gasteiger partial charge is 0.157 e. The first-order valence-corrected chi connectivity index (χ1v) is 11.6. The van der Waals surface area contributed by atoms with Crippen LogP contribution in [0.25, 0.3) is 38.9 Å². The normalized spacial score (nSPS) is 20.1. The van der Waals surface area contributed by atoms with E-state index in [0.717, 1.165) is 36.7 Å². The molecule has 2 bridgehead atoms. The minimum absolute atomic E-state index is 0.0828. The Morgan fingerprint density at radius 1 is 1.00 bits per heavy atom. The summed E-state index contributed by atoms with van der Waals surface area (Å²) in [5.74, 6) is 0.708. The number of nitrogens with zero attached hydrogens (tertiary/aromatic N) is 3. The van der Waals surface area contributed by atoms with Gasteiger partial charge >= 0.3 is 0 Å². The number of benzene rings is 3. The summed E-state index contributed by atoms with van der Waals surface area (Å²) in [5, 5.41) is 25.5. The lowest BCUT2D eigenvalue weighted by molar-refractivity contribution is 0.343. The Labute approximate surface area is 196 Å². The lowest BCUT2D eigenvalue weighted by Crippen LogP contribution is -2.51. The van der Waals surface area contributed by atoms with Crippen LogP contribution in [0.1, 0.15) is 18.7 Å². The van der Waals surface area contributed by atoms with Crippen LogP contribution in [-0.2, 0) is 0 Å². The van der Waals surface area contributed by atoms with Crippen molar-refractivity contribution in [3.8, 4) is 16.9 Å². The molecule has 0 spiro atoms. The van der Waals surface area contributed by atoms with Gasteiger partial charge in [0.15, 0.2) is 11.6 Å². The summed E-state index contributed by atoms with van der Waals surface area (Å²) in [4.78, 5) is 11.5. The van der Waals surface area contributed by atoms with Gasteiger partial charge in [0.1, 0.15) is 17.1 Å². The highest BCUT2D eigenvalue weighted by Gasteiger charge is 2.33. The van der Waals surface area contributed by atoms with Gasteiger partial charge in [0.05, 0.1) is 6.61 Å². The molecule has 0 aliphatic carbocycles. The van der Waals surface area contributed by atoms with E-state index in [9.17, 15) is 10.2 Å². The van der Waals surface area contributed by atoms with Crippen molar-refractivity contribution in [1.29, 1.82) is 0 Å². The second-order valence-corrected chi connectivity index (χ2v) is 9.07. The van der Waals surface area contributed by atoms with Crippen LogP contribution in [0.2, 0.25) is 0 Å². The molecule has 4 aromatic rings. The molecule has 3 heterocycles. The number of hydrogen-bond donors (Lipinski definition) is 3. The first-order chi connectivity index (χ1) is 16.6. The van der Waals surface area contributed by atoms with Gasteiger partial charge in [0.25, 0.3) is 0 Å². The summed E-state index contributed by atoms with van der Waals surface area (Å²) in [6.07, 6.45) is 5.43. The number of hydrogen-bond acceptors (Lipinski definition) is 6. The van der Waals surface area contributed by atoms with E-state index < -0.39 is 5.82 Å². The molecule has 172 valence electrons. The molecule has 1 aromatic heterocycles. The maximum Gasteiger partial charge on any atom is 0.157 e. The third-order valence-corrected chi connectivity index (χ3v) is 6.83. The van der Waals surface area contributed by atoms with Gasteiger partial charge < -0.3 is 20.4 Å². The maximum atomic E-state index is 16.2. The summed E-state index contributed by atoms with van der Waals surface area (Å²) < 4.78 is 16.2. The van der Waals surface area contributed by atoms with Crippen LogP contribution in [0.4, 0.5) is 10.2 Å². The molecule has 0 saturated carbocycles. The Kier molecular flexibility index (Phi) is 5.16. The number of rotatable bonds is 4. The van der Waals surface area contributed by atoms with Crippen molar-refractivity contribution in [3.05, 3.63) is 66.2 Å². The second kappa shape index (κ2) is 8.34. The second-order valence-electron chi connectivity index (χ2n) is 9.07. The molecule has 2 aliphatic rings. The van der Waals surface area contributed by atoms with Crippen LogP contribution >= 0.6 is 0 Å². The summed E-state index contributed by atoms with van der Waals surface area (Å²) in [7, 11) is 0. The maximum absolute atomic E-state index is 16.2. The number of phenols is 1. The van der Waals surface area contributed by atoms with Gasteiger partial charge in [-0.15, -0.1) is 0 Å². The van der Waals surface area contributed by atoms with Gasteiger partial charge in [-0.05, 0) is 53.5 Å². The van der Waals surface area contributed by atoms with E-state index in [2.05, 4.69) is 15.2 Å². The molecule has 3 aromatic carbocycles. The van der Waals surface area contributed by atoms with Crippen LogP contribution < -0.4 is 10.2 Å². The summed E-state index contributed by atoms with van der Waals surface area (Å²) in [6.45, 7) is 1.48. The highest BCUT2D eigenvalue weighted by molar-refractivity contribution is 6.01. The zero-order valence-electron chi connectivity index (χ0n) is 18.6. The molecule has 6 rings (SSSR count). The molecule has 2 atom stereocenters. The molecule has 7 heteroatoms. The van der Waals surface area contributed by atoms with Gasteiger partial charge in [-0.2, -0.15) is 0 Å². The SMILES string of the molecule is OC/C=C/c1nc(N2CC3CCC(C2)N3)c2ccc(-c3cc(O)cc4ccccc34)c(F)c2n1. The number of piperazine rings is 1. The fraction of sp³-hybridized carbons (Fsp3) is 0.259. The first-order valence-electron chi connectivity index (χ1n) is 11.6. The van der Waals surface area contributed by atoms with Crippen molar-refractivity contribution in [2.24, 2.45) is 0 Å². The molecule has 0 amide bonds. The number of phenolic OH excluding ortho intramolecular Hbond substituents is 1. The molecule has 2 aliphatic heterocycles. The van der Waals surface area contributed by atoms with Crippen LogP contribution in [-0.4, -0.2) is 52.0 Å². The van der Waals surface area contributed by atoms with E-state index in [0.29, 0.717) is 40.2 Å². The molecular formula is C27H25FN4O2. The van der Waals surface area contributed by atoms with Gasteiger partial charge in [-0.3, -0.25) is 0 Å². The predicted octanol–water partition coefficient (Wildman–Crippen LogP) is 4.24. The lowest BCUT2D eigenvalue weighted by atomic mass is 9.96. The number of halogens is 1. The number of aliphatic hydroxyl groups excluding tert-OH is 1. The Morgan fingerprint density at radius 2 is 1.79 bits per heavy atom. The van der Waals surface area contributed by atoms with Crippen molar-refractivity contribution < 1.29 is 14.6 Å². The fourth-order valence-corrected chi connectivity index (χ4v) is 5.33. The van der Waals surface area contributed by atoms with E-state index in [4.69, 9.17) is 4.98 Å². The first kappa shape index (κ1) is 21.0. The van der Waals surface area contributed by atoms with Crippen LogP contribution in [0.5, 0.6) is 5.75 Å². The van der Waals surface area contributed by atoms with Crippen molar-refractivity contribution >= 4 is 33.6 Å². The van der Waals surface area contributed by atoms with Crippen molar-refractivity contribution in [1.82, 2.24) is 15.3 Å². The molecule has 2 fully saturated rings. The van der Waals surface area contributed by atoms with Gasteiger partial charge in [0.2, 0.25) is 0 Å². The minimum Gasteiger partial charge on any atom is -0.508 e. The van der Waals surface area contributed by atoms with Crippen LogP contribution in [0.15, 0.2) is 54.6 Å². The quantitative estimate of drug-likeness (QED) is 0.426. The molecule has 6 nitrogen and oxygen atoms in total. The zero-order valence-corrected chi connectivity index (χ0v) is 18.6. The summed E-state index contributed by atoms with van der Waals surface area (Å²) >= 11 is 0. The van der Waals surface area contributed by atoms with E-state index in [1.807, 2.05) is 30.3 Å². The topological polar surface area (TPSA) is 81.5 Å². The Morgan fingerprint density at radius 3 is 2.59 bits per heavy atom. The number of nitrogens with one attached hydrogen (secondary N) is 1. The Bertz CT molecular complexity index is 1430. The van der Waals surface area contributed by atoms with Crippen molar-refractivity contribution in [2.45, 2.75) is 24.9 Å². The highest BCUT2D eigenvalue weighted by Crippen LogP contribution is 2.38. The van der Waals surface area contributed by atoms with E-state index >= 15 is 4.39 Å². The monoisotopic (exact) mass is 456 g/mol. The molecule has 34 heavy (non-hydrogen) atoms. The largest absolute Gasteiger partial charge is 0.508 e. The standard InChI is InChI=1S/C27H25FN4O2/c28-25-21(23-13-19(34)12-16-4-1-2-5-20(16)23)9-10-22-26(25)30-24(6-3-11-33)31-27(22)32-14-17-7-8-18(15-32)29-17/h1-6,9-10,12-13,17-18,29,33-34H,7-8,11,14-15H2/b6-3+. The number of anilines is 1. The zero-order chi connectivity index (χ0) is 23.2. The Hall–Kier alpha value is -3.55. The predicted molar refractivity (Wildman–Crippen MR) is 132 cm³/mol. The average Bonchev–Trinajstić information content (AvgIpc) is 3.19. The third-order valence-electron chi connectivity index (χ3n) is 6.83. The fourth-order valence-electron chi connectivity index (χ4n) is 5.33. The lowest BCUT2D eigenvalue weighted by Gasteiger charge is -2.34. The van der Waals surface area contributed by atoms with E-state index in [-0.39, 0.29) is 17.9 Å². The van der Waals surface area contributed by atoms with E-state index in [1.165, 1.54) is 0 Å². The summed E-state index contributed by atoms with van der Waals surface area (Å²) in [5.41, 5.74) is 1.22. The van der Waals surface area contributed by atoms with Gasteiger partial charge in [-0.1, -0.05) is 36.4 Å². The number of aromatic nitrogens is 2. The summed E-state index contributed by atoms with van der Waals surface area (Å²) in [6, 6.07) is 15.3. The van der Waals surface area contributed by atoms with Gasteiger partial charge in [0, 0.05) is 36.1 Å². The third kappa shape index (κ3) is 3.57. The van der Waals surface area contributed by atoms with Crippen LogP contribution in [0.3, 0.4) is 0 Å². The van der Waals surface area contributed by atoms with Gasteiger partial charge in [-0.25, -0.2) is 14.4 Å². The molecule has 3 N–H and O–H groups in total. The average molecular weight is 457 g/mol. The molecular weight excluding hydrogens is 431 g/mol. The molecule has 0 radical (unpaired) electrons. The number of aromatic hydroxyl groups is 1. The number of fused-ring (bicyclic) bond motifs is 4. The minimum atomic E-state index is -0.450. The van der Waals surface area contributed by atoms with Crippen molar-refractivity contribution in [2.75, 3.05) is 24.6 Å². The highest BCUT2D eigenvalue weighted by atomic mass is 19.1. The van der Waals surface area contributed by atoms with E-state index in [1.54, 1.807) is 30.4 Å². The van der Waals surface area contributed by atoms with Crippen molar-refractivity contribution in [3.63, 3.8) is 0 Å². The molecule has 2 saturated heterocycles. The Balaban J connectivity index is 1.56. The van der Waals surface area contributed by atoms with Crippen LogP contribution in [0, 0.1) is 5.82 Å².